The molecular formula is C29H30N2O6S2. The number of rotatable bonds is 8. The molecule has 39 heavy (non-hydrogen) atoms. The average molecular weight is 567 g/mol. The number of thioether (sulfide) groups is 1. The Hall–Kier alpha value is -3.37. The molecule has 1 amide bonds. The maximum Gasteiger partial charge on any atom is 0.329 e. The molecule has 1 saturated heterocycles. The first kappa shape index (κ1) is 27.2. The van der Waals surface area contributed by atoms with Crippen molar-refractivity contribution in [2.75, 3.05) is 26.2 Å². The van der Waals surface area contributed by atoms with Crippen LogP contribution in [0.2, 0.25) is 0 Å². The van der Waals surface area contributed by atoms with E-state index < -0.39 is 18.0 Å². The number of benzene rings is 2. The fourth-order valence-electron chi connectivity index (χ4n) is 5.79. The van der Waals surface area contributed by atoms with Crippen LogP contribution < -0.4 is 9.64 Å². The van der Waals surface area contributed by atoms with E-state index in [2.05, 4.69) is 33.9 Å². The highest BCUT2D eigenvalue weighted by molar-refractivity contribution is 8.26. The second-order valence-corrected chi connectivity index (χ2v) is 11.4. The fourth-order valence-corrected chi connectivity index (χ4v) is 7.15. The second-order valence-electron chi connectivity index (χ2n) is 9.70. The van der Waals surface area contributed by atoms with E-state index in [4.69, 9.17) is 21.7 Å². The lowest BCUT2D eigenvalue weighted by Crippen LogP contribution is -2.44. The monoisotopic (exact) mass is 566 g/mol. The summed E-state index contributed by atoms with van der Waals surface area (Å²) in [5, 5.41) is 0. The molecular weight excluding hydrogens is 536 g/mol. The normalized spacial score (nSPS) is 21.7. The highest BCUT2D eigenvalue weighted by atomic mass is 32.2. The third-order valence-corrected chi connectivity index (χ3v) is 8.96. The molecule has 1 saturated carbocycles. The van der Waals surface area contributed by atoms with Crippen molar-refractivity contribution in [3.63, 3.8) is 0 Å². The van der Waals surface area contributed by atoms with Crippen molar-refractivity contribution in [1.29, 1.82) is 0 Å². The second kappa shape index (κ2) is 11.4. The third-order valence-electron chi connectivity index (χ3n) is 7.63. The summed E-state index contributed by atoms with van der Waals surface area (Å²) in [4.78, 5) is 41.7. The van der Waals surface area contributed by atoms with E-state index in [1.807, 2.05) is 24.3 Å². The first-order valence-corrected chi connectivity index (χ1v) is 14.1. The summed E-state index contributed by atoms with van der Waals surface area (Å²) >= 11 is 6.63. The van der Waals surface area contributed by atoms with Crippen LogP contribution >= 0.6 is 24.0 Å². The summed E-state index contributed by atoms with van der Waals surface area (Å²) in [7, 11) is 4.19. The standard InChI is InChI=1S/C29H30N2O6S2/c1-35-19-10-8-18(9-11-19)30-22-6-4-5-20(22)21-15-17(7-12-23(21)30)16-25-27(33)31(29(38)39-25)24(28(34)37-3)13-14-26(32)36-2/h7-12,15-16,20,22,24H,4-6,13-14H2,1-3H3/b25-16+. The Kier molecular flexibility index (Phi) is 7.95. The van der Waals surface area contributed by atoms with Gasteiger partial charge in [-0.1, -0.05) is 36.5 Å². The number of carbonyl (C=O) groups is 3. The van der Waals surface area contributed by atoms with Gasteiger partial charge in [0.15, 0.2) is 0 Å². The molecule has 0 spiro atoms. The van der Waals surface area contributed by atoms with Gasteiger partial charge in [0.05, 0.1) is 26.2 Å². The van der Waals surface area contributed by atoms with Gasteiger partial charge in [-0.2, -0.15) is 0 Å². The molecule has 5 rings (SSSR count). The number of esters is 2. The molecule has 2 aromatic carbocycles. The van der Waals surface area contributed by atoms with E-state index in [9.17, 15) is 14.4 Å². The molecule has 2 aromatic rings. The summed E-state index contributed by atoms with van der Waals surface area (Å²) in [5.74, 6) is -0.221. The zero-order chi connectivity index (χ0) is 27.7. The highest BCUT2D eigenvalue weighted by Gasteiger charge is 2.43. The first-order chi connectivity index (χ1) is 18.9. The van der Waals surface area contributed by atoms with Gasteiger partial charge in [-0.3, -0.25) is 14.5 Å². The largest absolute Gasteiger partial charge is 0.497 e. The molecule has 10 heteroatoms. The number of thiocarbonyl (C=S) groups is 1. The number of hydrogen-bond donors (Lipinski definition) is 0. The lowest BCUT2D eigenvalue weighted by molar-refractivity contribution is -0.149. The maximum absolute atomic E-state index is 13.4. The number of amides is 1. The Labute approximate surface area is 237 Å². The average Bonchev–Trinajstić information content (AvgIpc) is 3.62. The van der Waals surface area contributed by atoms with Crippen LogP contribution in [-0.4, -0.2) is 60.5 Å². The molecule has 3 aliphatic rings. The van der Waals surface area contributed by atoms with Crippen molar-refractivity contribution >= 4 is 63.6 Å². The number of hydrogen-bond acceptors (Lipinski definition) is 9. The van der Waals surface area contributed by atoms with Crippen LogP contribution in [-0.2, 0) is 23.9 Å². The maximum atomic E-state index is 13.4. The smallest absolute Gasteiger partial charge is 0.329 e. The zero-order valence-electron chi connectivity index (χ0n) is 22.0. The van der Waals surface area contributed by atoms with Crippen molar-refractivity contribution in [3.8, 4) is 5.75 Å². The molecule has 2 heterocycles. The predicted molar refractivity (Wildman–Crippen MR) is 154 cm³/mol. The van der Waals surface area contributed by atoms with Crippen molar-refractivity contribution in [2.45, 2.75) is 50.1 Å². The van der Waals surface area contributed by atoms with Gasteiger partial charge in [0.1, 0.15) is 16.1 Å². The molecule has 3 unspecified atom stereocenters. The van der Waals surface area contributed by atoms with Crippen molar-refractivity contribution in [3.05, 3.63) is 58.5 Å². The molecule has 0 aromatic heterocycles. The summed E-state index contributed by atoms with van der Waals surface area (Å²) in [5.41, 5.74) is 4.51. The van der Waals surface area contributed by atoms with E-state index in [1.54, 1.807) is 7.11 Å². The Morgan fingerprint density at radius 3 is 2.56 bits per heavy atom. The number of methoxy groups -OCH3 is 3. The van der Waals surface area contributed by atoms with Gasteiger partial charge in [0.25, 0.3) is 5.91 Å². The molecule has 8 nitrogen and oxygen atoms in total. The number of carbonyl (C=O) groups excluding carboxylic acids is 3. The van der Waals surface area contributed by atoms with Crippen LogP contribution in [0.25, 0.3) is 6.08 Å². The lowest BCUT2D eigenvalue weighted by Gasteiger charge is -2.27. The van der Waals surface area contributed by atoms with Crippen molar-refractivity contribution < 1.29 is 28.6 Å². The topological polar surface area (TPSA) is 85.4 Å². The molecule has 2 aliphatic heterocycles. The molecule has 3 atom stereocenters. The van der Waals surface area contributed by atoms with Gasteiger partial charge in [-0.25, -0.2) is 4.79 Å². The minimum atomic E-state index is -0.996. The molecule has 0 bridgehead atoms. The number of ether oxygens (including phenoxy) is 3. The highest BCUT2D eigenvalue weighted by Crippen LogP contribution is 2.52. The van der Waals surface area contributed by atoms with E-state index >= 15 is 0 Å². The summed E-state index contributed by atoms with van der Waals surface area (Å²) in [6.45, 7) is 0. The first-order valence-electron chi connectivity index (χ1n) is 12.8. The zero-order valence-corrected chi connectivity index (χ0v) is 23.7. The Morgan fingerprint density at radius 1 is 1.10 bits per heavy atom. The molecule has 0 N–H and O–H groups in total. The SMILES string of the molecule is COC(=O)CCC(C(=O)OC)N1C(=O)/C(=C\c2ccc3c(c2)C2CCCC2N3c2ccc(OC)cc2)SC1=S. The van der Waals surface area contributed by atoms with Crippen LogP contribution in [0, 0.1) is 0 Å². The van der Waals surface area contributed by atoms with Gasteiger partial charge in [-0.05, 0) is 72.9 Å². The van der Waals surface area contributed by atoms with Crippen molar-refractivity contribution in [1.82, 2.24) is 4.90 Å². The summed E-state index contributed by atoms with van der Waals surface area (Å²) in [6.07, 6.45) is 5.27. The van der Waals surface area contributed by atoms with Crippen molar-refractivity contribution in [2.24, 2.45) is 0 Å². The summed E-state index contributed by atoms with van der Waals surface area (Å²) < 4.78 is 15.2. The van der Waals surface area contributed by atoms with Crippen LogP contribution in [0.3, 0.4) is 0 Å². The van der Waals surface area contributed by atoms with Crippen LogP contribution in [0.15, 0.2) is 47.4 Å². The van der Waals surface area contributed by atoms with Crippen LogP contribution in [0.1, 0.15) is 49.1 Å². The molecule has 0 radical (unpaired) electrons. The minimum absolute atomic E-state index is 0.0373. The van der Waals surface area contributed by atoms with E-state index in [0.717, 1.165) is 41.6 Å². The number of anilines is 2. The van der Waals surface area contributed by atoms with Gasteiger partial charge < -0.3 is 19.1 Å². The minimum Gasteiger partial charge on any atom is -0.497 e. The van der Waals surface area contributed by atoms with E-state index in [-0.39, 0.29) is 23.1 Å². The van der Waals surface area contributed by atoms with Gasteiger partial charge in [0.2, 0.25) is 0 Å². The Bertz CT molecular complexity index is 1340. The molecule has 2 fully saturated rings. The number of fused-ring (bicyclic) bond motifs is 3. The quantitative estimate of drug-likeness (QED) is 0.244. The molecule has 204 valence electrons. The number of nitrogens with zero attached hydrogens (tertiary/aromatic N) is 2. The predicted octanol–water partition coefficient (Wildman–Crippen LogP) is 5.18. The van der Waals surface area contributed by atoms with E-state index in [0.29, 0.717) is 16.9 Å². The fraction of sp³-hybridized carbons (Fsp3) is 0.379. The van der Waals surface area contributed by atoms with Gasteiger partial charge in [0, 0.05) is 29.8 Å². The van der Waals surface area contributed by atoms with Crippen LogP contribution in [0.4, 0.5) is 11.4 Å². The Morgan fingerprint density at radius 2 is 1.87 bits per heavy atom. The van der Waals surface area contributed by atoms with Crippen LogP contribution in [0.5, 0.6) is 5.75 Å². The van der Waals surface area contributed by atoms with Gasteiger partial charge in [-0.15, -0.1) is 0 Å². The van der Waals surface area contributed by atoms with E-state index in [1.165, 1.54) is 36.8 Å². The lowest BCUT2D eigenvalue weighted by atomic mass is 9.96. The Balaban J connectivity index is 1.42. The molecule has 1 aliphatic carbocycles. The summed E-state index contributed by atoms with van der Waals surface area (Å²) in [6, 6.07) is 13.9. The third kappa shape index (κ3) is 5.15. The van der Waals surface area contributed by atoms with Gasteiger partial charge >= 0.3 is 11.9 Å².